The van der Waals surface area contributed by atoms with Crippen LogP contribution in [0.3, 0.4) is 0 Å². The van der Waals surface area contributed by atoms with Crippen LogP contribution in [0, 0.1) is 0 Å². The summed E-state index contributed by atoms with van der Waals surface area (Å²) in [6.07, 6.45) is 6.01. The van der Waals surface area contributed by atoms with E-state index in [4.69, 9.17) is 0 Å². The average Bonchev–Trinajstić information content (AvgIpc) is 3.06. The van der Waals surface area contributed by atoms with Gasteiger partial charge in [-0.25, -0.2) is 18.1 Å². The molecule has 2 aromatic rings. The van der Waals surface area contributed by atoms with Gasteiger partial charge in [-0.2, -0.15) is 0 Å². The Morgan fingerprint density at radius 3 is 3.00 bits per heavy atom. The van der Waals surface area contributed by atoms with E-state index in [-0.39, 0.29) is 0 Å². The molecule has 0 spiro atoms. The van der Waals surface area contributed by atoms with Crippen molar-refractivity contribution < 1.29 is 8.42 Å². The van der Waals surface area contributed by atoms with Crippen LogP contribution in [0.2, 0.25) is 0 Å². The Bertz CT molecular complexity index is 620. The number of hydrogen-bond acceptors (Lipinski definition) is 5. The van der Waals surface area contributed by atoms with Gasteiger partial charge in [0.2, 0.25) is 10.0 Å². The normalized spacial score (nSPS) is 11.8. The molecular formula is C12H18N4O2S2. The lowest BCUT2D eigenvalue weighted by Crippen LogP contribution is -2.24. The highest BCUT2D eigenvalue weighted by Crippen LogP contribution is 2.19. The molecule has 0 aliphatic heterocycles. The predicted octanol–water partition coefficient (Wildman–Crippen LogP) is 1.03. The van der Waals surface area contributed by atoms with Gasteiger partial charge < -0.3 is 9.88 Å². The highest BCUT2D eigenvalue weighted by atomic mass is 32.2. The monoisotopic (exact) mass is 314 g/mol. The quantitative estimate of drug-likeness (QED) is 0.714. The van der Waals surface area contributed by atoms with Crippen LogP contribution in [0.25, 0.3) is 0 Å². The summed E-state index contributed by atoms with van der Waals surface area (Å²) in [6, 6.07) is 1.71. The van der Waals surface area contributed by atoms with Crippen molar-refractivity contribution in [2.75, 3.05) is 13.6 Å². The van der Waals surface area contributed by atoms with E-state index < -0.39 is 10.0 Å². The van der Waals surface area contributed by atoms with Crippen molar-refractivity contribution >= 4 is 21.4 Å². The molecule has 0 aromatic carbocycles. The van der Waals surface area contributed by atoms with Gasteiger partial charge in [-0.05, 0) is 30.5 Å². The first-order valence-corrected chi connectivity index (χ1v) is 8.65. The highest BCUT2D eigenvalue weighted by Gasteiger charge is 2.15. The summed E-state index contributed by atoms with van der Waals surface area (Å²) in [5, 5.41) is 4.86. The molecule has 0 amide bonds. The third-order valence-corrected chi connectivity index (χ3v) is 5.67. The minimum absolute atomic E-state index is 0.366. The molecule has 2 N–H and O–H groups in total. The van der Waals surface area contributed by atoms with E-state index in [2.05, 4.69) is 15.0 Å². The first kappa shape index (κ1) is 15.2. The van der Waals surface area contributed by atoms with E-state index in [0.29, 0.717) is 17.3 Å². The van der Waals surface area contributed by atoms with Crippen molar-refractivity contribution in [2.45, 2.75) is 23.7 Å². The summed E-state index contributed by atoms with van der Waals surface area (Å²) in [5.74, 6) is 0. The lowest BCUT2D eigenvalue weighted by atomic mass is 10.3. The predicted molar refractivity (Wildman–Crippen MR) is 79.1 cm³/mol. The zero-order valence-corrected chi connectivity index (χ0v) is 12.9. The Hall–Kier alpha value is -1.22. The Kier molecular flexibility index (Phi) is 5.30. The molecule has 0 atom stereocenters. The molecule has 0 aliphatic rings. The summed E-state index contributed by atoms with van der Waals surface area (Å²) in [4.78, 5) is 3.94. The maximum absolute atomic E-state index is 12.1. The average molecular weight is 314 g/mol. The largest absolute Gasteiger partial charge is 0.337 e. The maximum atomic E-state index is 12.1. The van der Waals surface area contributed by atoms with Crippen LogP contribution >= 0.6 is 11.3 Å². The number of thiophene rings is 1. The Morgan fingerprint density at radius 2 is 2.30 bits per heavy atom. The zero-order chi connectivity index (χ0) is 14.4. The summed E-state index contributed by atoms with van der Waals surface area (Å²) in [5.41, 5.74) is 0.983. The van der Waals surface area contributed by atoms with Crippen molar-refractivity contribution in [3.05, 3.63) is 35.7 Å². The number of nitrogens with one attached hydrogen (secondary N) is 2. The first-order chi connectivity index (χ1) is 9.62. The van der Waals surface area contributed by atoms with Crippen LogP contribution in [-0.4, -0.2) is 31.6 Å². The van der Waals surface area contributed by atoms with E-state index in [1.165, 1.54) is 11.3 Å². The molecule has 8 heteroatoms. The third kappa shape index (κ3) is 4.14. The Balaban J connectivity index is 1.83. The van der Waals surface area contributed by atoms with Crippen LogP contribution in [0.15, 0.2) is 34.4 Å². The highest BCUT2D eigenvalue weighted by molar-refractivity contribution is 7.91. The molecule has 2 rings (SSSR count). The molecule has 110 valence electrons. The second kappa shape index (κ2) is 6.98. The van der Waals surface area contributed by atoms with Gasteiger partial charge >= 0.3 is 0 Å². The van der Waals surface area contributed by atoms with Gasteiger partial charge in [0.15, 0.2) is 0 Å². The Morgan fingerprint density at radius 1 is 1.45 bits per heavy atom. The SMILES string of the molecule is CNCc1csc(S(=O)(=O)NCCCn2ccnc2)c1. The maximum Gasteiger partial charge on any atom is 0.250 e. The fourth-order valence-corrected chi connectivity index (χ4v) is 4.08. The molecule has 20 heavy (non-hydrogen) atoms. The molecule has 0 saturated heterocycles. The second-order valence-electron chi connectivity index (χ2n) is 4.36. The molecule has 0 bridgehead atoms. The Labute approximate surface area is 122 Å². The van der Waals surface area contributed by atoms with E-state index in [9.17, 15) is 8.42 Å². The summed E-state index contributed by atoms with van der Waals surface area (Å²) in [7, 11) is -1.55. The van der Waals surface area contributed by atoms with Gasteiger partial charge in [0.05, 0.1) is 6.33 Å². The van der Waals surface area contributed by atoms with Crippen molar-refractivity contribution in [1.82, 2.24) is 19.6 Å². The van der Waals surface area contributed by atoms with Crippen LogP contribution in [0.4, 0.5) is 0 Å². The molecule has 6 nitrogen and oxygen atoms in total. The van der Waals surface area contributed by atoms with Crippen molar-refractivity contribution in [3.63, 3.8) is 0 Å². The van der Waals surface area contributed by atoms with Gasteiger partial charge in [-0.3, -0.25) is 0 Å². The minimum Gasteiger partial charge on any atom is -0.337 e. The number of aryl methyl sites for hydroxylation is 1. The summed E-state index contributed by atoms with van der Waals surface area (Å²) >= 11 is 1.25. The number of rotatable bonds is 8. The lowest BCUT2D eigenvalue weighted by Gasteiger charge is -2.05. The summed E-state index contributed by atoms with van der Waals surface area (Å²) < 4.78 is 29.1. The molecule has 0 aliphatic carbocycles. The number of hydrogen-bond donors (Lipinski definition) is 2. The molecule has 0 radical (unpaired) electrons. The van der Waals surface area contributed by atoms with Crippen LogP contribution < -0.4 is 10.0 Å². The van der Waals surface area contributed by atoms with E-state index in [1.807, 2.05) is 23.2 Å². The number of sulfonamides is 1. The van der Waals surface area contributed by atoms with Crippen molar-refractivity contribution in [2.24, 2.45) is 0 Å². The van der Waals surface area contributed by atoms with Gasteiger partial charge in [-0.15, -0.1) is 11.3 Å². The summed E-state index contributed by atoms with van der Waals surface area (Å²) in [6.45, 7) is 1.84. The minimum atomic E-state index is -3.38. The van der Waals surface area contributed by atoms with Gasteiger partial charge in [0.1, 0.15) is 4.21 Å². The fraction of sp³-hybridized carbons (Fsp3) is 0.417. The topological polar surface area (TPSA) is 76.0 Å². The van der Waals surface area contributed by atoms with Crippen LogP contribution in [-0.2, 0) is 23.1 Å². The first-order valence-electron chi connectivity index (χ1n) is 6.29. The number of imidazole rings is 1. The molecular weight excluding hydrogens is 296 g/mol. The van der Waals surface area contributed by atoms with E-state index in [1.54, 1.807) is 18.6 Å². The fourth-order valence-electron chi connectivity index (χ4n) is 1.75. The number of nitrogens with zero attached hydrogens (tertiary/aromatic N) is 2. The third-order valence-electron chi connectivity index (χ3n) is 2.72. The van der Waals surface area contributed by atoms with Crippen LogP contribution in [0.5, 0.6) is 0 Å². The molecule has 2 aromatic heterocycles. The van der Waals surface area contributed by atoms with Gasteiger partial charge in [0.25, 0.3) is 0 Å². The van der Waals surface area contributed by atoms with E-state index in [0.717, 1.165) is 18.5 Å². The molecule has 2 heterocycles. The number of aromatic nitrogens is 2. The standard InChI is InChI=1S/C12H18N4O2S2/c1-13-8-11-7-12(19-9-11)20(17,18)15-3-2-5-16-6-4-14-10-16/h4,6-7,9-10,13,15H,2-3,5,8H2,1H3. The smallest absolute Gasteiger partial charge is 0.250 e. The lowest BCUT2D eigenvalue weighted by molar-refractivity contribution is 0.571. The second-order valence-corrected chi connectivity index (χ2v) is 7.26. The van der Waals surface area contributed by atoms with Gasteiger partial charge in [-0.1, -0.05) is 0 Å². The van der Waals surface area contributed by atoms with Crippen molar-refractivity contribution in [1.29, 1.82) is 0 Å². The molecule has 0 saturated carbocycles. The van der Waals surface area contributed by atoms with E-state index >= 15 is 0 Å². The zero-order valence-electron chi connectivity index (χ0n) is 11.2. The van der Waals surface area contributed by atoms with Gasteiger partial charge in [0, 0.05) is 32.0 Å². The van der Waals surface area contributed by atoms with Crippen LogP contribution in [0.1, 0.15) is 12.0 Å². The molecule has 0 fully saturated rings. The molecule has 0 unspecified atom stereocenters. The van der Waals surface area contributed by atoms with Crippen molar-refractivity contribution in [3.8, 4) is 0 Å².